The fourth-order valence-corrected chi connectivity index (χ4v) is 1.86. The minimum absolute atomic E-state index is 0.450. The first-order chi connectivity index (χ1) is 8.87. The van der Waals surface area contributed by atoms with Crippen LogP contribution in [0.25, 0.3) is 0 Å². The fraction of sp³-hybridized carbons (Fsp3) is 0.533. The predicted octanol–water partition coefficient (Wildman–Crippen LogP) is 2.53. The highest BCUT2D eigenvalue weighted by Gasteiger charge is 2.29. The molecule has 0 heterocycles. The van der Waals surface area contributed by atoms with Crippen LogP contribution in [-0.2, 0) is 4.79 Å². The smallest absolute Gasteiger partial charge is 0.323 e. The van der Waals surface area contributed by atoms with Gasteiger partial charge in [-0.25, -0.2) is 0 Å². The third kappa shape index (κ3) is 4.56. The molecular formula is C15H23NO3. The number of benzene rings is 1. The molecule has 1 atom stereocenters. The van der Waals surface area contributed by atoms with Crippen molar-refractivity contribution in [1.29, 1.82) is 0 Å². The molecule has 4 heteroatoms. The summed E-state index contributed by atoms with van der Waals surface area (Å²) in [5, 5.41) is 12.1. The van der Waals surface area contributed by atoms with Crippen molar-refractivity contribution in [3.8, 4) is 5.75 Å². The predicted molar refractivity (Wildman–Crippen MR) is 75.7 cm³/mol. The molecule has 0 radical (unpaired) electrons. The summed E-state index contributed by atoms with van der Waals surface area (Å²) in [6.07, 6.45) is 0.534. The molecule has 0 aliphatic rings. The molecule has 0 amide bonds. The van der Waals surface area contributed by atoms with Crippen molar-refractivity contribution in [3.05, 3.63) is 29.3 Å². The molecule has 0 aromatic heterocycles. The Bertz CT molecular complexity index is 425. The topological polar surface area (TPSA) is 58.6 Å². The number of aliphatic carboxylic acids is 1. The second-order valence-corrected chi connectivity index (χ2v) is 5.09. The summed E-state index contributed by atoms with van der Waals surface area (Å²) >= 11 is 0. The molecule has 2 N–H and O–H groups in total. The van der Waals surface area contributed by atoms with E-state index in [4.69, 9.17) is 9.84 Å². The van der Waals surface area contributed by atoms with Crippen molar-refractivity contribution < 1.29 is 14.6 Å². The van der Waals surface area contributed by atoms with E-state index in [1.807, 2.05) is 32.9 Å². The molecule has 1 aromatic rings. The van der Waals surface area contributed by atoms with Crippen molar-refractivity contribution >= 4 is 5.97 Å². The standard InChI is InChI=1S/C15H23NO3/c1-5-15(4,14(17)18)16-6-7-19-13-9-11(2)8-12(3)10-13/h8-10,16H,5-7H2,1-4H3,(H,17,18). The summed E-state index contributed by atoms with van der Waals surface area (Å²) in [4.78, 5) is 11.1. The molecule has 0 saturated carbocycles. The van der Waals surface area contributed by atoms with Crippen LogP contribution in [-0.4, -0.2) is 29.8 Å². The van der Waals surface area contributed by atoms with Gasteiger partial charge in [0.2, 0.25) is 0 Å². The number of ether oxygens (including phenoxy) is 1. The number of aryl methyl sites for hydroxylation is 2. The van der Waals surface area contributed by atoms with Crippen LogP contribution in [0.1, 0.15) is 31.4 Å². The lowest BCUT2D eigenvalue weighted by atomic mass is 9.99. The summed E-state index contributed by atoms with van der Waals surface area (Å²) in [5.74, 6) is -0.00535. The molecule has 0 bridgehead atoms. The molecular weight excluding hydrogens is 242 g/mol. The van der Waals surface area contributed by atoms with E-state index in [0.717, 1.165) is 16.9 Å². The molecule has 0 spiro atoms. The van der Waals surface area contributed by atoms with Gasteiger partial charge in [0.25, 0.3) is 0 Å². The fourth-order valence-electron chi connectivity index (χ4n) is 1.86. The van der Waals surface area contributed by atoms with Crippen LogP contribution in [0.4, 0.5) is 0 Å². The van der Waals surface area contributed by atoms with E-state index in [-0.39, 0.29) is 0 Å². The quantitative estimate of drug-likeness (QED) is 0.744. The van der Waals surface area contributed by atoms with Crippen molar-refractivity contribution in [2.24, 2.45) is 0 Å². The third-order valence-electron chi connectivity index (χ3n) is 3.26. The number of hydrogen-bond acceptors (Lipinski definition) is 3. The van der Waals surface area contributed by atoms with Gasteiger partial charge >= 0.3 is 5.97 Å². The largest absolute Gasteiger partial charge is 0.492 e. The van der Waals surface area contributed by atoms with Crippen molar-refractivity contribution in [1.82, 2.24) is 5.32 Å². The first kappa shape index (κ1) is 15.5. The zero-order valence-electron chi connectivity index (χ0n) is 12.1. The Balaban J connectivity index is 2.44. The van der Waals surface area contributed by atoms with E-state index < -0.39 is 11.5 Å². The Morgan fingerprint density at radius 2 is 1.89 bits per heavy atom. The monoisotopic (exact) mass is 265 g/mol. The molecule has 0 aliphatic carbocycles. The van der Waals surface area contributed by atoms with Gasteiger partial charge in [-0.3, -0.25) is 10.1 Å². The average molecular weight is 265 g/mol. The second kappa shape index (κ2) is 6.57. The molecule has 1 unspecified atom stereocenters. The summed E-state index contributed by atoms with van der Waals surface area (Å²) < 4.78 is 5.63. The maximum atomic E-state index is 11.1. The van der Waals surface area contributed by atoms with Crippen LogP contribution in [0.3, 0.4) is 0 Å². The Morgan fingerprint density at radius 3 is 2.37 bits per heavy atom. The second-order valence-electron chi connectivity index (χ2n) is 5.09. The zero-order valence-corrected chi connectivity index (χ0v) is 12.1. The van der Waals surface area contributed by atoms with E-state index in [9.17, 15) is 4.79 Å². The van der Waals surface area contributed by atoms with Crippen LogP contribution in [0, 0.1) is 13.8 Å². The van der Waals surface area contributed by atoms with Gasteiger partial charge in [-0.05, 0) is 50.5 Å². The number of rotatable bonds is 7. The highest BCUT2D eigenvalue weighted by Crippen LogP contribution is 2.16. The molecule has 4 nitrogen and oxygen atoms in total. The van der Waals surface area contributed by atoms with E-state index >= 15 is 0 Å². The zero-order chi connectivity index (χ0) is 14.5. The summed E-state index contributed by atoms with van der Waals surface area (Å²) in [6, 6.07) is 6.04. The third-order valence-corrected chi connectivity index (χ3v) is 3.26. The van der Waals surface area contributed by atoms with Gasteiger partial charge in [0.05, 0.1) is 0 Å². The SMILES string of the molecule is CCC(C)(NCCOc1cc(C)cc(C)c1)C(=O)O. The Kier molecular flexibility index (Phi) is 5.36. The van der Waals surface area contributed by atoms with Crippen LogP contribution in [0.2, 0.25) is 0 Å². The first-order valence-electron chi connectivity index (χ1n) is 6.57. The lowest BCUT2D eigenvalue weighted by Gasteiger charge is -2.24. The lowest BCUT2D eigenvalue weighted by molar-refractivity contribution is -0.144. The van der Waals surface area contributed by atoms with Gasteiger partial charge < -0.3 is 9.84 Å². The van der Waals surface area contributed by atoms with Crippen LogP contribution >= 0.6 is 0 Å². The van der Waals surface area contributed by atoms with Gasteiger partial charge in [0.1, 0.15) is 17.9 Å². The number of carboxylic acids is 1. The van der Waals surface area contributed by atoms with E-state index in [1.54, 1.807) is 6.92 Å². The normalized spacial score (nSPS) is 13.9. The number of carboxylic acid groups (broad SMARTS) is 1. The van der Waals surface area contributed by atoms with Gasteiger partial charge in [0, 0.05) is 6.54 Å². The van der Waals surface area contributed by atoms with Crippen molar-refractivity contribution in [3.63, 3.8) is 0 Å². The number of carbonyl (C=O) groups is 1. The van der Waals surface area contributed by atoms with Gasteiger partial charge in [0.15, 0.2) is 0 Å². The average Bonchev–Trinajstić information content (AvgIpc) is 2.33. The molecule has 1 aromatic carbocycles. The van der Waals surface area contributed by atoms with E-state index in [1.165, 1.54) is 0 Å². The van der Waals surface area contributed by atoms with Crippen LogP contribution < -0.4 is 10.1 Å². The lowest BCUT2D eigenvalue weighted by Crippen LogP contribution is -2.50. The molecule has 0 aliphatic heterocycles. The molecule has 19 heavy (non-hydrogen) atoms. The minimum atomic E-state index is -0.883. The van der Waals surface area contributed by atoms with Crippen LogP contribution in [0.15, 0.2) is 18.2 Å². The Hall–Kier alpha value is -1.55. The van der Waals surface area contributed by atoms with Gasteiger partial charge in [-0.15, -0.1) is 0 Å². The van der Waals surface area contributed by atoms with E-state index in [0.29, 0.717) is 19.6 Å². The molecule has 1 rings (SSSR count). The highest BCUT2D eigenvalue weighted by molar-refractivity contribution is 5.78. The molecule has 0 saturated heterocycles. The molecule has 106 valence electrons. The van der Waals surface area contributed by atoms with Gasteiger partial charge in [-0.1, -0.05) is 13.0 Å². The van der Waals surface area contributed by atoms with Crippen molar-refractivity contribution in [2.45, 2.75) is 39.7 Å². The van der Waals surface area contributed by atoms with Gasteiger partial charge in [-0.2, -0.15) is 0 Å². The first-order valence-corrected chi connectivity index (χ1v) is 6.57. The number of nitrogens with one attached hydrogen (secondary N) is 1. The maximum Gasteiger partial charge on any atom is 0.323 e. The Labute approximate surface area is 114 Å². The maximum absolute atomic E-state index is 11.1. The highest BCUT2D eigenvalue weighted by atomic mass is 16.5. The summed E-state index contributed by atoms with van der Waals surface area (Å²) in [5.41, 5.74) is 1.44. The van der Waals surface area contributed by atoms with Crippen molar-refractivity contribution in [2.75, 3.05) is 13.2 Å². The summed E-state index contributed by atoms with van der Waals surface area (Å²) in [6.45, 7) is 8.54. The Morgan fingerprint density at radius 1 is 1.32 bits per heavy atom. The van der Waals surface area contributed by atoms with Crippen LogP contribution in [0.5, 0.6) is 5.75 Å². The number of hydrogen-bond donors (Lipinski definition) is 2. The summed E-state index contributed by atoms with van der Waals surface area (Å²) in [7, 11) is 0. The molecule has 0 fully saturated rings. The van der Waals surface area contributed by atoms with E-state index in [2.05, 4.69) is 11.4 Å². The minimum Gasteiger partial charge on any atom is -0.492 e.